The molecule has 2 N–H and O–H groups in total. The summed E-state index contributed by atoms with van der Waals surface area (Å²) < 4.78 is 58.7. The van der Waals surface area contributed by atoms with Crippen LogP contribution in [-0.2, 0) is 6.18 Å². The molecule has 2 heterocycles. The number of hydrogen-bond acceptors (Lipinski definition) is 5. The molecule has 1 aromatic rings. The van der Waals surface area contributed by atoms with Crippen LogP contribution in [0.2, 0.25) is 0 Å². The van der Waals surface area contributed by atoms with E-state index in [0.29, 0.717) is 13.0 Å². The molecule has 0 radical (unpaired) electrons. The van der Waals surface area contributed by atoms with Gasteiger partial charge in [0.2, 0.25) is 0 Å². The molecule has 5 nitrogen and oxygen atoms in total. The van der Waals surface area contributed by atoms with Crippen molar-refractivity contribution >= 4 is 17.7 Å². The molecule has 1 aromatic carbocycles. The van der Waals surface area contributed by atoms with Crippen molar-refractivity contribution in [2.75, 3.05) is 40.0 Å². The average molecular weight is 460 g/mol. The predicted molar refractivity (Wildman–Crippen MR) is 112 cm³/mol. The molecule has 2 aliphatic heterocycles. The first-order valence-corrected chi connectivity index (χ1v) is 11.0. The SMILES string of the molecule is COc1cc(C(F)(F)F)cc(SC)c1C(=O)NC1(C2=CC=C(F)CN2C)CCCNC1. The highest BCUT2D eigenvalue weighted by Gasteiger charge is 2.41. The van der Waals surface area contributed by atoms with Crippen LogP contribution < -0.4 is 15.4 Å². The first kappa shape index (κ1) is 23.5. The molecular formula is C21H25F4N3O2S. The molecule has 0 aromatic heterocycles. The van der Waals surface area contributed by atoms with Crippen LogP contribution in [0.25, 0.3) is 0 Å². The number of carbonyl (C=O) groups is 1. The molecule has 0 saturated carbocycles. The van der Waals surface area contributed by atoms with Gasteiger partial charge in [0, 0.05) is 24.2 Å². The number of rotatable bonds is 5. The normalized spacial score (nSPS) is 22.0. The number of thioether (sulfide) groups is 1. The molecule has 1 amide bonds. The van der Waals surface area contributed by atoms with E-state index in [1.807, 2.05) is 0 Å². The maximum atomic E-state index is 13.7. The number of methoxy groups -OCH3 is 1. The highest BCUT2D eigenvalue weighted by Crippen LogP contribution is 2.39. The van der Waals surface area contributed by atoms with Crippen molar-refractivity contribution in [3.8, 4) is 5.75 Å². The molecule has 1 atom stereocenters. The second kappa shape index (κ2) is 9.12. The molecule has 0 aliphatic carbocycles. The summed E-state index contributed by atoms with van der Waals surface area (Å²) in [5.74, 6) is -0.971. The summed E-state index contributed by atoms with van der Waals surface area (Å²) >= 11 is 1.04. The Morgan fingerprint density at radius 3 is 2.61 bits per heavy atom. The van der Waals surface area contributed by atoms with Crippen LogP contribution in [0.4, 0.5) is 17.6 Å². The minimum atomic E-state index is -4.56. The number of halogens is 4. The molecule has 1 saturated heterocycles. The van der Waals surface area contributed by atoms with Crippen LogP contribution in [0.1, 0.15) is 28.8 Å². The van der Waals surface area contributed by atoms with Crippen molar-refractivity contribution in [1.82, 2.24) is 15.5 Å². The summed E-state index contributed by atoms with van der Waals surface area (Å²) in [6.07, 6.45) is 1.45. The smallest absolute Gasteiger partial charge is 0.416 e. The third kappa shape index (κ3) is 4.85. The van der Waals surface area contributed by atoms with E-state index in [2.05, 4.69) is 10.6 Å². The number of nitrogens with zero attached hydrogens (tertiary/aromatic N) is 1. The van der Waals surface area contributed by atoms with Gasteiger partial charge in [0.1, 0.15) is 11.6 Å². The van der Waals surface area contributed by atoms with Crippen molar-refractivity contribution in [2.45, 2.75) is 29.5 Å². The van der Waals surface area contributed by atoms with Gasteiger partial charge in [-0.3, -0.25) is 4.79 Å². The molecular weight excluding hydrogens is 434 g/mol. The van der Waals surface area contributed by atoms with Crippen LogP contribution in [0.5, 0.6) is 5.75 Å². The van der Waals surface area contributed by atoms with E-state index < -0.39 is 23.2 Å². The zero-order chi connectivity index (χ0) is 22.8. The lowest BCUT2D eigenvalue weighted by molar-refractivity contribution is -0.137. The fourth-order valence-corrected chi connectivity index (χ4v) is 4.70. The molecule has 1 unspecified atom stereocenters. The lowest BCUT2D eigenvalue weighted by atomic mass is 9.84. The second-order valence-electron chi connectivity index (χ2n) is 7.59. The van der Waals surface area contributed by atoms with Gasteiger partial charge in [-0.15, -0.1) is 11.8 Å². The molecule has 2 aliphatic rings. The maximum absolute atomic E-state index is 13.7. The van der Waals surface area contributed by atoms with Gasteiger partial charge in [0.15, 0.2) is 0 Å². The average Bonchev–Trinajstić information content (AvgIpc) is 2.72. The number of likely N-dealkylation sites (N-methyl/N-ethyl adjacent to an activating group) is 1. The van der Waals surface area contributed by atoms with Gasteiger partial charge in [-0.2, -0.15) is 13.2 Å². The quantitative estimate of drug-likeness (QED) is 0.516. The number of amides is 1. The fourth-order valence-electron chi connectivity index (χ4n) is 4.06. The van der Waals surface area contributed by atoms with E-state index in [4.69, 9.17) is 4.74 Å². The molecule has 31 heavy (non-hydrogen) atoms. The molecule has 170 valence electrons. The molecule has 3 rings (SSSR count). The summed E-state index contributed by atoms with van der Waals surface area (Å²) in [7, 11) is 2.98. The number of hydrogen-bond donors (Lipinski definition) is 2. The Morgan fingerprint density at radius 2 is 2.06 bits per heavy atom. The Balaban J connectivity index is 2.03. The van der Waals surface area contributed by atoms with E-state index in [-0.39, 0.29) is 28.6 Å². The van der Waals surface area contributed by atoms with Crippen LogP contribution in [0.3, 0.4) is 0 Å². The lowest BCUT2D eigenvalue weighted by Crippen LogP contribution is -2.61. The summed E-state index contributed by atoms with van der Waals surface area (Å²) in [6, 6.07) is 1.79. The highest BCUT2D eigenvalue weighted by atomic mass is 32.2. The lowest BCUT2D eigenvalue weighted by Gasteiger charge is -2.44. The van der Waals surface area contributed by atoms with E-state index in [1.165, 1.54) is 13.2 Å². The molecule has 10 heteroatoms. The van der Waals surface area contributed by atoms with Gasteiger partial charge in [-0.05, 0) is 49.9 Å². The Morgan fingerprint density at radius 1 is 1.32 bits per heavy atom. The van der Waals surface area contributed by atoms with Crippen molar-refractivity contribution < 1.29 is 27.1 Å². The van der Waals surface area contributed by atoms with E-state index >= 15 is 0 Å². The number of piperidine rings is 1. The largest absolute Gasteiger partial charge is 0.496 e. The zero-order valence-corrected chi connectivity index (χ0v) is 18.3. The molecule has 0 spiro atoms. The number of ether oxygens (including phenoxy) is 1. The van der Waals surface area contributed by atoms with Crippen LogP contribution in [0.15, 0.2) is 40.7 Å². The number of alkyl halides is 3. The number of nitrogens with one attached hydrogen (secondary N) is 2. The van der Waals surface area contributed by atoms with Crippen molar-refractivity contribution in [3.63, 3.8) is 0 Å². The number of benzene rings is 1. The van der Waals surface area contributed by atoms with Gasteiger partial charge in [0.05, 0.1) is 30.3 Å². The van der Waals surface area contributed by atoms with E-state index in [9.17, 15) is 22.4 Å². The van der Waals surface area contributed by atoms with E-state index in [0.717, 1.165) is 42.6 Å². The Bertz CT molecular complexity index is 883. The van der Waals surface area contributed by atoms with Crippen molar-refractivity contribution in [1.29, 1.82) is 0 Å². The van der Waals surface area contributed by atoms with Gasteiger partial charge >= 0.3 is 6.18 Å². The molecule has 1 fully saturated rings. The maximum Gasteiger partial charge on any atom is 0.416 e. The van der Waals surface area contributed by atoms with Gasteiger partial charge in [-0.25, -0.2) is 4.39 Å². The third-order valence-corrected chi connectivity index (χ3v) is 6.27. The Labute approximate surface area is 182 Å². The first-order chi connectivity index (χ1) is 14.6. The summed E-state index contributed by atoms with van der Waals surface area (Å²) in [4.78, 5) is 15.3. The third-order valence-electron chi connectivity index (χ3n) is 5.51. The monoisotopic (exact) mass is 459 g/mol. The van der Waals surface area contributed by atoms with Crippen LogP contribution >= 0.6 is 11.8 Å². The summed E-state index contributed by atoms with van der Waals surface area (Å²) in [6.45, 7) is 1.28. The number of carbonyl (C=O) groups excluding carboxylic acids is 1. The minimum Gasteiger partial charge on any atom is -0.496 e. The zero-order valence-electron chi connectivity index (χ0n) is 17.5. The van der Waals surface area contributed by atoms with Gasteiger partial charge in [-0.1, -0.05) is 0 Å². The van der Waals surface area contributed by atoms with Crippen LogP contribution in [0, 0.1) is 0 Å². The first-order valence-electron chi connectivity index (χ1n) is 9.75. The number of allylic oxidation sites excluding steroid dienone is 2. The predicted octanol–water partition coefficient (Wildman–Crippen LogP) is 3.97. The minimum absolute atomic E-state index is 0.0498. The molecule has 0 bridgehead atoms. The Hall–Kier alpha value is -2.20. The van der Waals surface area contributed by atoms with Crippen molar-refractivity contribution in [2.24, 2.45) is 0 Å². The van der Waals surface area contributed by atoms with Crippen molar-refractivity contribution in [3.05, 3.63) is 46.9 Å². The van der Waals surface area contributed by atoms with Gasteiger partial charge in [0.25, 0.3) is 5.91 Å². The fraction of sp³-hybridized carbons (Fsp3) is 0.476. The second-order valence-corrected chi connectivity index (χ2v) is 8.44. The van der Waals surface area contributed by atoms with E-state index in [1.54, 1.807) is 24.3 Å². The standard InChI is InChI=1S/C21H25F4N3O2S/c1-28-11-14(22)5-6-17(28)20(7-4-8-26-12-20)27-19(29)18-15(30-2)9-13(21(23,24)25)10-16(18)31-3/h5-6,9-10,26H,4,7-8,11-12H2,1-3H3,(H,27,29). The highest BCUT2D eigenvalue weighted by molar-refractivity contribution is 7.98. The Kier molecular flexibility index (Phi) is 6.90. The summed E-state index contributed by atoms with van der Waals surface area (Å²) in [5, 5.41) is 6.30. The van der Waals surface area contributed by atoms with Crippen LogP contribution in [-0.4, -0.2) is 56.4 Å². The topological polar surface area (TPSA) is 53.6 Å². The summed E-state index contributed by atoms with van der Waals surface area (Å²) in [5.41, 5.74) is -0.917. The van der Waals surface area contributed by atoms with Gasteiger partial charge < -0.3 is 20.3 Å².